The first-order valence-corrected chi connectivity index (χ1v) is 12.2. The van der Waals surface area contributed by atoms with Gasteiger partial charge in [-0.15, -0.1) is 0 Å². The number of unbranched alkanes of at least 4 members (excludes halogenated alkanes) is 4. The van der Waals surface area contributed by atoms with Crippen molar-refractivity contribution in [2.75, 3.05) is 18.5 Å². The molecule has 1 fully saturated rings. The fourth-order valence-corrected chi connectivity index (χ4v) is 4.70. The third kappa shape index (κ3) is 7.47. The molecule has 2 aliphatic heterocycles. The van der Waals surface area contributed by atoms with E-state index in [-0.39, 0.29) is 17.4 Å². The van der Waals surface area contributed by atoms with Gasteiger partial charge >= 0.3 is 5.97 Å². The molecule has 3 heterocycles. The topological polar surface area (TPSA) is 101 Å². The molecule has 0 aromatic carbocycles. The predicted octanol–water partition coefficient (Wildman–Crippen LogP) is 4.10. The van der Waals surface area contributed by atoms with Gasteiger partial charge in [0.25, 0.3) is 0 Å². The van der Waals surface area contributed by atoms with Gasteiger partial charge in [-0.2, -0.15) is 0 Å². The summed E-state index contributed by atoms with van der Waals surface area (Å²) in [5, 5.41) is 15.7. The third-order valence-corrected chi connectivity index (χ3v) is 6.56. The molecule has 1 aromatic rings. The summed E-state index contributed by atoms with van der Waals surface area (Å²) in [6.45, 7) is 5.49. The lowest BCUT2D eigenvalue weighted by atomic mass is 9.87. The van der Waals surface area contributed by atoms with Gasteiger partial charge in [-0.1, -0.05) is 31.7 Å². The van der Waals surface area contributed by atoms with E-state index >= 15 is 0 Å². The number of hydrogen-bond acceptors (Lipinski definition) is 5. The van der Waals surface area contributed by atoms with Crippen LogP contribution < -0.4 is 10.6 Å². The first-order chi connectivity index (χ1) is 15.3. The Labute approximate surface area is 191 Å². The number of ether oxygens (including phenoxy) is 1. The van der Waals surface area contributed by atoms with Gasteiger partial charge in [0.2, 0.25) is 5.91 Å². The number of hydrogen-bond donors (Lipinski definition) is 3. The molecule has 1 aromatic heterocycles. The maximum Gasteiger partial charge on any atom is 0.326 e. The lowest BCUT2D eigenvalue weighted by Crippen LogP contribution is -2.47. The number of carboxylic acids is 1. The van der Waals surface area contributed by atoms with Crippen molar-refractivity contribution in [2.45, 2.75) is 96.1 Å². The SMILES string of the molecule is CC1(C)C[C@H](C(=O)NC(CCCCCCCc2ccc3c(n2)NCCC3)C(=O)O)CCO1. The molecule has 178 valence electrons. The first kappa shape index (κ1) is 24.5. The maximum absolute atomic E-state index is 12.6. The number of carbonyl (C=O) groups excluding carboxylic acids is 1. The number of aryl methyl sites for hydroxylation is 2. The molecule has 2 aliphatic rings. The average molecular weight is 446 g/mol. The minimum absolute atomic E-state index is 0.152. The molecule has 0 bridgehead atoms. The van der Waals surface area contributed by atoms with Gasteiger partial charge in [-0.25, -0.2) is 9.78 Å². The Morgan fingerprint density at radius 2 is 2.03 bits per heavy atom. The van der Waals surface area contributed by atoms with Gasteiger partial charge in [0.15, 0.2) is 0 Å². The normalized spacial score (nSPS) is 20.6. The van der Waals surface area contributed by atoms with E-state index in [0.29, 0.717) is 25.9 Å². The summed E-state index contributed by atoms with van der Waals surface area (Å²) in [6.07, 6.45) is 10.1. The minimum Gasteiger partial charge on any atom is -0.480 e. The third-order valence-electron chi connectivity index (χ3n) is 6.56. The molecule has 32 heavy (non-hydrogen) atoms. The molecule has 3 rings (SSSR count). The Morgan fingerprint density at radius 1 is 1.25 bits per heavy atom. The van der Waals surface area contributed by atoms with Crippen molar-refractivity contribution >= 4 is 17.7 Å². The summed E-state index contributed by atoms with van der Waals surface area (Å²) >= 11 is 0. The number of fused-ring (bicyclic) bond motifs is 1. The quantitative estimate of drug-likeness (QED) is 0.444. The molecular formula is C25H39N3O4. The second-order valence-corrected chi connectivity index (χ2v) is 9.84. The van der Waals surface area contributed by atoms with Gasteiger partial charge < -0.3 is 20.5 Å². The summed E-state index contributed by atoms with van der Waals surface area (Å²) in [6, 6.07) is 3.54. The van der Waals surface area contributed by atoms with Crippen LogP contribution in [0, 0.1) is 5.92 Å². The van der Waals surface area contributed by atoms with Crippen LogP contribution in [0.15, 0.2) is 12.1 Å². The van der Waals surface area contributed by atoms with E-state index in [2.05, 4.69) is 22.8 Å². The van der Waals surface area contributed by atoms with Gasteiger partial charge in [0.1, 0.15) is 11.9 Å². The molecule has 2 atom stereocenters. The van der Waals surface area contributed by atoms with E-state index in [1.165, 1.54) is 12.0 Å². The van der Waals surface area contributed by atoms with E-state index in [0.717, 1.165) is 63.0 Å². The predicted molar refractivity (Wildman–Crippen MR) is 125 cm³/mol. The van der Waals surface area contributed by atoms with Crippen molar-refractivity contribution in [2.24, 2.45) is 5.92 Å². The number of nitrogens with one attached hydrogen (secondary N) is 2. The van der Waals surface area contributed by atoms with Crippen LogP contribution in [0.1, 0.15) is 82.9 Å². The number of nitrogens with zero attached hydrogens (tertiary/aromatic N) is 1. The number of carbonyl (C=O) groups is 2. The fourth-order valence-electron chi connectivity index (χ4n) is 4.70. The van der Waals surface area contributed by atoms with Gasteiger partial charge in [0.05, 0.1) is 5.60 Å². The monoisotopic (exact) mass is 445 g/mol. The van der Waals surface area contributed by atoms with Crippen LogP contribution in [-0.4, -0.2) is 46.8 Å². The van der Waals surface area contributed by atoms with Crippen molar-refractivity contribution in [3.05, 3.63) is 23.4 Å². The van der Waals surface area contributed by atoms with Crippen molar-refractivity contribution < 1.29 is 19.4 Å². The fraction of sp³-hybridized carbons (Fsp3) is 0.720. The average Bonchev–Trinajstić information content (AvgIpc) is 2.76. The van der Waals surface area contributed by atoms with E-state index < -0.39 is 12.0 Å². The van der Waals surface area contributed by atoms with Gasteiger partial charge in [-0.05, 0) is 70.4 Å². The number of pyridine rings is 1. The molecule has 0 spiro atoms. The summed E-state index contributed by atoms with van der Waals surface area (Å²) in [7, 11) is 0. The second-order valence-electron chi connectivity index (χ2n) is 9.84. The lowest BCUT2D eigenvalue weighted by molar-refractivity contribution is -0.145. The Morgan fingerprint density at radius 3 is 2.81 bits per heavy atom. The Kier molecular flexibility index (Phi) is 8.91. The highest BCUT2D eigenvalue weighted by atomic mass is 16.5. The smallest absolute Gasteiger partial charge is 0.326 e. The van der Waals surface area contributed by atoms with Crippen molar-refractivity contribution in [3.8, 4) is 0 Å². The van der Waals surface area contributed by atoms with Gasteiger partial charge in [-0.3, -0.25) is 4.79 Å². The highest BCUT2D eigenvalue weighted by Gasteiger charge is 2.34. The molecule has 0 radical (unpaired) electrons. The zero-order chi connectivity index (χ0) is 23.0. The molecule has 0 saturated carbocycles. The van der Waals surface area contributed by atoms with Crippen LogP contribution in [-0.2, 0) is 27.2 Å². The van der Waals surface area contributed by atoms with Crippen LogP contribution in [0.3, 0.4) is 0 Å². The van der Waals surface area contributed by atoms with Crippen molar-refractivity contribution in [1.29, 1.82) is 0 Å². The molecule has 3 N–H and O–H groups in total. The molecule has 7 heteroatoms. The van der Waals surface area contributed by atoms with Crippen molar-refractivity contribution in [3.63, 3.8) is 0 Å². The van der Waals surface area contributed by atoms with E-state index in [1.54, 1.807) is 0 Å². The highest BCUT2D eigenvalue weighted by molar-refractivity contribution is 5.85. The second kappa shape index (κ2) is 11.6. The Hall–Kier alpha value is -2.15. The standard InChI is InChI=1S/C25H39N3O4/c1-25(2)17-19(14-16-32-25)23(29)28-21(24(30)31)11-7-5-3-4-6-10-20-13-12-18-9-8-15-26-22(18)27-20/h12-13,19,21H,3-11,14-17H2,1-2H3,(H,26,27)(H,28,29)(H,30,31)/t19-,21?/m1/s1. The summed E-state index contributed by atoms with van der Waals surface area (Å²) in [5.41, 5.74) is 2.13. The van der Waals surface area contributed by atoms with Crippen LogP contribution in [0.4, 0.5) is 5.82 Å². The van der Waals surface area contributed by atoms with Crippen LogP contribution in [0.25, 0.3) is 0 Å². The van der Waals surface area contributed by atoms with E-state index in [1.807, 2.05) is 13.8 Å². The number of aromatic nitrogens is 1. The molecule has 1 saturated heterocycles. The number of rotatable bonds is 11. The van der Waals surface area contributed by atoms with Gasteiger partial charge in [0, 0.05) is 24.8 Å². The molecule has 1 amide bonds. The number of anilines is 1. The molecular weight excluding hydrogens is 406 g/mol. The first-order valence-electron chi connectivity index (χ1n) is 12.2. The summed E-state index contributed by atoms with van der Waals surface area (Å²) < 4.78 is 5.66. The Balaban J connectivity index is 1.31. The molecule has 7 nitrogen and oxygen atoms in total. The van der Waals surface area contributed by atoms with E-state index in [4.69, 9.17) is 9.72 Å². The minimum atomic E-state index is -0.947. The lowest BCUT2D eigenvalue weighted by Gasteiger charge is -2.35. The van der Waals surface area contributed by atoms with Crippen molar-refractivity contribution in [1.82, 2.24) is 10.3 Å². The van der Waals surface area contributed by atoms with E-state index in [9.17, 15) is 14.7 Å². The Bertz CT molecular complexity index is 780. The van der Waals surface area contributed by atoms with Crippen LogP contribution in [0.5, 0.6) is 0 Å². The molecule has 0 aliphatic carbocycles. The molecule has 1 unspecified atom stereocenters. The zero-order valence-electron chi connectivity index (χ0n) is 19.6. The number of carboxylic acid groups (broad SMARTS) is 1. The zero-order valence-corrected chi connectivity index (χ0v) is 19.6. The maximum atomic E-state index is 12.6. The van der Waals surface area contributed by atoms with Crippen LogP contribution >= 0.6 is 0 Å². The largest absolute Gasteiger partial charge is 0.480 e. The number of aliphatic carboxylic acids is 1. The highest BCUT2D eigenvalue weighted by Crippen LogP contribution is 2.28. The van der Waals surface area contributed by atoms with Crippen LogP contribution in [0.2, 0.25) is 0 Å². The summed E-state index contributed by atoms with van der Waals surface area (Å²) in [4.78, 5) is 28.9. The summed E-state index contributed by atoms with van der Waals surface area (Å²) in [5.74, 6) is -0.217. The number of amides is 1.